The average Bonchev–Trinajstić information content (AvgIpc) is 3.83. The Bertz CT molecular complexity index is 3100. The Morgan fingerprint density at radius 3 is 1.73 bits per heavy atom. The van der Waals surface area contributed by atoms with Crippen LogP contribution in [0.1, 0.15) is 0 Å². The van der Waals surface area contributed by atoms with Crippen molar-refractivity contribution in [3.63, 3.8) is 0 Å². The number of rotatable bonds is 3. The summed E-state index contributed by atoms with van der Waals surface area (Å²) in [6, 6.07) is 56.0. The maximum absolute atomic E-state index is 5.47. The number of benzene rings is 7. The molecule has 0 amide bonds. The number of aromatic nitrogens is 4. The normalized spacial score (nSPS) is 12.1. The van der Waals surface area contributed by atoms with Crippen molar-refractivity contribution in [1.82, 2.24) is 19.1 Å². The first kappa shape index (κ1) is 26.7. The first-order valence-corrected chi connectivity index (χ1v) is 17.3. The van der Waals surface area contributed by atoms with Crippen molar-refractivity contribution in [2.24, 2.45) is 0 Å². The van der Waals surface area contributed by atoms with E-state index < -0.39 is 0 Å². The van der Waals surface area contributed by atoms with E-state index in [-0.39, 0.29) is 0 Å². The fraction of sp³-hybridized carbons (Fsp3) is 0. The van der Waals surface area contributed by atoms with E-state index in [4.69, 9.17) is 9.97 Å². The van der Waals surface area contributed by atoms with Gasteiger partial charge in [-0.05, 0) is 42.5 Å². The second-order valence-corrected chi connectivity index (χ2v) is 13.6. The molecule has 49 heavy (non-hydrogen) atoms. The largest absolute Gasteiger partial charge is 0.307 e. The smallest absolute Gasteiger partial charge is 0.165 e. The topological polar surface area (TPSA) is 35.6 Å². The summed E-state index contributed by atoms with van der Waals surface area (Å²) >= 11 is 1.89. The fourth-order valence-corrected chi connectivity index (χ4v) is 9.15. The number of fused-ring (bicyclic) bond motifs is 13. The number of hydrogen-bond acceptors (Lipinski definition) is 3. The Labute approximate surface area is 284 Å². The van der Waals surface area contributed by atoms with E-state index in [1.165, 1.54) is 52.8 Å². The third-order valence-electron chi connectivity index (χ3n) is 9.87. The minimum atomic E-state index is 0.822. The van der Waals surface area contributed by atoms with E-state index in [0.717, 1.165) is 44.8 Å². The minimum absolute atomic E-state index is 0.822. The van der Waals surface area contributed by atoms with Gasteiger partial charge in [0.2, 0.25) is 0 Å². The van der Waals surface area contributed by atoms with Crippen molar-refractivity contribution in [1.29, 1.82) is 0 Å². The first-order chi connectivity index (χ1) is 24.3. The van der Waals surface area contributed by atoms with E-state index in [0.29, 0.717) is 0 Å². The molecule has 0 fully saturated rings. The zero-order chi connectivity index (χ0) is 32.1. The van der Waals surface area contributed by atoms with E-state index in [2.05, 4.69) is 155 Å². The van der Waals surface area contributed by atoms with Gasteiger partial charge in [-0.1, -0.05) is 115 Å². The molecule has 0 spiro atoms. The lowest BCUT2D eigenvalue weighted by molar-refractivity contribution is 1.08. The van der Waals surface area contributed by atoms with Gasteiger partial charge in [0, 0.05) is 53.0 Å². The Hall–Kier alpha value is -6.30. The molecule has 11 rings (SSSR count). The molecule has 0 bridgehead atoms. The lowest BCUT2D eigenvalue weighted by Crippen LogP contribution is -2.05. The van der Waals surface area contributed by atoms with Gasteiger partial charge in [0.05, 0.1) is 33.1 Å². The summed E-state index contributed by atoms with van der Waals surface area (Å²) in [6.45, 7) is 0. The Morgan fingerprint density at radius 1 is 0.429 bits per heavy atom. The maximum atomic E-state index is 5.47. The predicted octanol–water partition coefficient (Wildman–Crippen LogP) is 11.9. The van der Waals surface area contributed by atoms with Gasteiger partial charge in [0.15, 0.2) is 5.82 Å². The van der Waals surface area contributed by atoms with Crippen molar-refractivity contribution < 1.29 is 0 Å². The highest BCUT2D eigenvalue weighted by molar-refractivity contribution is 7.27. The molecule has 0 saturated carbocycles. The third kappa shape index (κ3) is 3.68. The summed E-state index contributed by atoms with van der Waals surface area (Å²) in [5, 5.41) is 7.55. The van der Waals surface area contributed by atoms with Gasteiger partial charge in [-0.15, -0.1) is 11.3 Å². The summed E-state index contributed by atoms with van der Waals surface area (Å²) < 4.78 is 7.45. The molecule has 11 aromatic rings. The second-order valence-electron chi connectivity index (χ2n) is 12.5. The van der Waals surface area contributed by atoms with E-state index in [9.17, 15) is 0 Å². The van der Waals surface area contributed by atoms with E-state index in [1.54, 1.807) is 0 Å². The summed E-state index contributed by atoms with van der Waals surface area (Å²) in [5.74, 6) is 0.822. The average molecular weight is 643 g/mol. The van der Waals surface area contributed by atoms with Crippen LogP contribution in [0.3, 0.4) is 0 Å². The van der Waals surface area contributed by atoms with Crippen LogP contribution < -0.4 is 0 Å². The third-order valence-corrected chi connectivity index (χ3v) is 11.1. The van der Waals surface area contributed by atoms with Crippen molar-refractivity contribution >= 4 is 86.2 Å². The standard InChI is InChI=1S/C44H26N4S/c1-3-15-27(16-4-1)40-44(46-33-23-11-10-22-32(33)45-40)48-35-25-13-8-20-30(35)39-42(48)41-37(38-31-21-9-14-26-36(31)49-43(38)39)29-19-7-12-24-34(29)47(41)28-17-5-2-6-18-28/h1-26H. The van der Waals surface area contributed by atoms with Gasteiger partial charge in [0.1, 0.15) is 5.69 Å². The molecular weight excluding hydrogens is 617 g/mol. The molecule has 4 aromatic heterocycles. The molecule has 0 radical (unpaired) electrons. The Kier molecular flexibility index (Phi) is 5.51. The lowest BCUT2D eigenvalue weighted by Gasteiger charge is -2.15. The van der Waals surface area contributed by atoms with Gasteiger partial charge in [-0.3, -0.25) is 4.57 Å². The summed E-state index contributed by atoms with van der Waals surface area (Å²) in [7, 11) is 0. The number of thiophene rings is 1. The molecule has 0 unspecified atom stereocenters. The van der Waals surface area contributed by atoms with Crippen LogP contribution in [-0.4, -0.2) is 19.1 Å². The Morgan fingerprint density at radius 2 is 0.980 bits per heavy atom. The zero-order valence-corrected chi connectivity index (χ0v) is 27.0. The molecule has 228 valence electrons. The van der Waals surface area contributed by atoms with Crippen molar-refractivity contribution in [2.45, 2.75) is 0 Å². The van der Waals surface area contributed by atoms with Crippen molar-refractivity contribution in [3.05, 3.63) is 158 Å². The van der Waals surface area contributed by atoms with Gasteiger partial charge in [-0.25, -0.2) is 9.97 Å². The Balaban J connectivity index is 1.48. The molecule has 4 nitrogen and oxygen atoms in total. The summed E-state index contributed by atoms with van der Waals surface area (Å²) in [6.07, 6.45) is 0. The number of hydrogen-bond donors (Lipinski definition) is 0. The van der Waals surface area contributed by atoms with Crippen LogP contribution in [0.15, 0.2) is 158 Å². The van der Waals surface area contributed by atoms with Gasteiger partial charge in [-0.2, -0.15) is 0 Å². The van der Waals surface area contributed by atoms with Crippen molar-refractivity contribution in [3.8, 4) is 22.8 Å². The van der Waals surface area contributed by atoms with Crippen LogP contribution in [0, 0.1) is 0 Å². The molecular formula is C44H26N4S. The minimum Gasteiger partial charge on any atom is -0.307 e. The zero-order valence-electron chi connectivity index (χ0n) is 26.2. The highest BCUT2D eigenvalue weighted by atomic mass is 32.1. The first-order valence-electron chi connectivity index (χ1n) is 16.5. The molecule has 0 atom stereocenters. The molecule has 0 saturated heterocycles. The predicted molar refractivity (Wildman–Crippen MR) is 207 cm³/mol. The quantitative estimate of drug-likeness (QED) is 0.192. The van der Waals surface area contributed by atoms with E-state index in [1.807, 2.05) is 23.5 Å². The summed E-state index contributed by atoms with van der Waals surface area (Å²) in [5.41, 5.74) is 9.35. The van der Waals surface area contributed by atoms with Crippen LogP contribution in [-0.2, 0) is 0 Å². The van der Waals surface area contributed by atoms with Crippen LogP contribution in [0.25, 0.3) is 97.6 Å². The molecule has 7 aromatic carbocycles. The van der Waals surface area contributed by atoms with Crippen LogP contribution in [0.4, 0.5) is 0 Å². The molecule has 4 heterocycles. The van der Waals surface area contributed by atoms with Gasteiger partial charge < -0.3 is 4.57 Å². The van der Waals surface area contributed by atoms with E-state index >= 15 is 0 Å². The van der Waals surface area contributed by atoms with Crippen molar-refractivity contribution in [2.75, 3.05) is 0 Å². The maximum Gasteiger partial charge on any atom is 0.165 e. The van der Waals surface area contributed by atoms with Crippen LogP contribution in [0.2, 0.25) is 0 Å². The molecule has 5 heteroatoms. The molecule has 0 aliphatic rings. The monoisotopic (exact) mass is 642 g/mol. The lowest BCUT2D eigenvalue weighted by atomic mass is 10.0. The highest BCUT2D eigenvalue weighted by Gasteiger charge is 2.28. The highest BCUT2D eigenvalue weighted by Crippen LogP contribution is 2.51. The van der Waals surface area contributed by atoms with Crippen LogP contribution >= 0.6 is 11.3 Å². The van der Waals surface area contributed by atoms with Gasteiger partial charge >= 0.3 is 0 Å². The SMILES string of the molecule is c1ccc(-c2nc3ccccc3nc2-n2c3ccccc3c3c4sc5ccccc5c4c4c5ccccc5n(-c5ccccc5)c4c32)cc1. The molecule has 0 aliphatic heterocycles. The molecule has 0 N–H and O–H groups in total. The summed E-state index contributed by atoms with van der Waals surface area (Å²) in [4.78, 5) is 10.8. The second kappa shape index (κ2) is 10.1. The number of nitrogens with zero attached hydrogens (tertiary/aromatic N) is 4. The fourth-order valence-electron chi connectivity index (χ4n) is 7.88. The molecule has 0 aliphatic carbocycles. The number of para-hydroxylation sites is 5. The van der Waals surface area contributed by atoms with Gasteiger partial charge in [0.25, 0.3) is 0 Å². The van der Waals surface area contributed by atoms with Crippen LogP contribution in [0.5, 0.6) is 0 Å².